The summed E-state index contributed by atoms with van der Waals surface area (Å²) in [7, 11) is 0. The fourth-order valence-corrected chi connectivity index (χ4v) is 13.3. The average molecular weight is 934 g/mol. The third kappa shape index (κ3) is 6.08. The zero-order valence-corrected chi connectivity index (χ0v) is 39.9. The minimum atomic E-state index is -0.617. The fourth-order valence-electron chi connectivity index (χ4n) is 12.1. The lowest BCUT2D eigenvalue weighted by Crippen LogP contribution is -2.32. The van der Waals surface area contributed by atoms with Crippen LogP contribution in [0.3, 0.4) is 0 Å². The van der Waals surface area contributed by atoms with E-state index < -0.39 is 5.41 Å². The van der Waals surface area contributed by atoms with Crippen molar-refractivity contribution in [1.29, 1.82) is 0 Å². The zero-order chi connectivity index (χ0) is 47.3. The van der Waals surface area contributed by atoms with Crippen LogP contribution in [-0.2, 0) is 5.41 Å². The van der Waals surface area contributed by atoms with E-state index in [0.29, 0.717) is 0 Å². The Balaban J connectivity index is 0.874. The van der Waals surface area contributed by atoms with Crippen molar-refractivity contribution in [2.75, 3.05) is 4.90 Å². The molecule has 0 fully saturated rings. The Labute approximate surface area is 421 Å². The first kappa shape index (κ1) is 40.8. The minimum Gasteiger partial charge on any atom is -0.455 e. The lowest BCUT2D eigenvalue weighted by atomic mass is 9.65. The third-order valence-electron chi connectivity index (χ3n) is 15.3. The highest BCUT2D eigenvalue weighted by molar-refractivity contribution is 7.26. The van der Waals surface area contributed by atoms with Crippen molar-refractivity contribution in [2.24, 2.45) is 0 Å². The third-order valence-corrected chi connectivity index (χ3v) is 16.5. The zero-order valence-electron chi connectivity index (χ0n) is 39.1. The SMILES string of the molecule is c1ccc(-c2cccc(N(c3ccc(-c4ccc5c(c4)C4(c6ccccc6-5)c5ccc6ccccc6c5Oc5c4ccc4ccccc54)cc3)c3ccc(-c4cccc5c4sc4ccccc45)cc3)c2)cc1. The summed E-state index contributed by atoms with van der Waals surface area (Å²) in [6.07, 6.45) is 0. The molecule has 0 saturated heterocycles. The predicted molar refractivity (Wildman–Crippen MR) is 303 cm³/mol. The summed E-state index contributed by atoms with van der Waals surface area (Å²) in [5.41, 5.74) is 17.2. The molecule has 12 aromatic carbocycles. The number of anilines is 3. The van der Waals surface area contributed by atoms with E-state index in [1.807, 2.05) is 11.3 Å². The van der Waals surface area contributed by atoms with Gasteiger partial charge in [0.25, 0.3) is 0 Å². The second-order valence-electron chi connectivity index (χ2n) is 19.1. The Kier molecular flexibility index (Phi) is 9.08. The van der Waals surface area contributed by atoms with E-state index in [-0.39, 0.29) is 0 Å². The summed E-state index contributed by atoms with van der Waals surface area (Å²) in [6, 6.07) is 95.9. The summed E-state index contributed by atoms with van der Waals surface area (Å²) in [5, 5.41) is 7.19. The van der Waals surface area contributed by atoms with E-state index in [2.05, 4.69) is 266 Å². The quantitative estimate of drug-likeness (QED) is 0.165. The van der Waals surface area contributed by atoms with Crippen LogP contribution in [-0.4, -0.2) is 0 Å². The van der Waals surface area contributed by atoms with Crippen LogP contribution in [0, 0.1) is 0 Å². The molecule has 0 atom stereocenters. The van der Waals surface area contributed by atoms with Crippen LogP contribution in [0.4, 0.5) is 17.1 Å². The molecule has 2 nitrogen and oxygen atoms in total. The highest BCUT2D eigenvalue weighted by Crippen LogP contribution is 2.64. The maximum absolute atomic E-state index is 7.23. The van der Waals surface area contributed by atoms with E-state index in [4.69, 9.17) is 4.74 Å². The molecule has 0 N–H and O–H groups in total. The molecule has 0 amide bonds. The van der Waals surface area contributed by atoms with E-state index in [0.717, 1.165) is 55.7 Å². The second-order valence-corrected chi connectivity index (χ2v) is 20.2. The number of benzene rings is 12. The number of ether oxygens (including phenoxy) is 1. The molecule has 13 aromatic rings. The van der Waals surface area contributed by atoms with Gasteiger partial charge in [0.05, 0.1) is 5.41 Å². The molecule has 3 heteroatoms. The van der Waals surface area contributed by atoms with Crippen molar-refractivity contribution in [3.05, 3.63) is 283 Å². The minimum absolute atomic E-state index is 0.617. The summed E-state index contributed by atoms with van der Waals surface area (Å²) >= 11 is 1.87. The lowest BCUT2D eigenvalue weighted by molar-refractivity contribution is 0.447. The van der Waals surface area contributed by atoms with Gasteiger partial charge in [-0.1, -0.05) is 212 Å². The Hall–Kier alpha value is -9.02. The Morgan fingerprint density at radius 1 is 0.306 bits per heavy atom. The van der Waals surface area contributed by atoms with E-state index in [9.17, 15) is 0 Å². The molecule has 1 spiro atoms. The first-order valence-corrected chi connectivity index (χ1v) is 25.5. The molecular formula is C69H43NOS. The molecule has 0 saturated carbocycles. The fraction of sp³-hybridized carbons (Fsp3) is 0.0145. The van der Waals surface area contributed by atoms with Gasteiger partial charge in [-0.25, -0.2) is 0 Å². The summed E-state index contributed by atoms with van der Waals surface area (Å²) in [4.78, 5) is 2.39. The predicted octanol–water partition coefficient (Wildman–Crippen LogP) is 19.3. The van der Waals surface area contributed by atoms with Crippen molar-refractivity contribution >= 4 is 70.1 Å². The summed E-state index contributed by atoms with van der Waals surface area (Å²) < 4.78 is 9.87. The van der Waals surface area contributed by atoms with Crippen molar-refractivity contribution < 1.29 is 4.74 Å². The van der Waals surface area contributed by atoms with E-state index in [1.165, 1.54) is 81.4 Å². The molecule has 1 aliphatic carbocycles. The van der Waals surface area contributed by atoms with Gasteiger partial charge in [-0.05, 0) is 115 Å². The lowest BCUT2D eigenvalue weighted by Gasteiger charge is -2.40. The van der Waals surface area contributed by atoms with Crippen LogP contribution in [0.25, 0.3) is 86.2 Å². The van der Waals surface area contributed by atoms with Crippen LogP contribution in [0.2, 0.25) is 0 Å². The highest BCUT2D eigenvalue weighted by Gasteiger charge is 2.52. The Morgan fingerprint density at radius 2 is 0.833 bits per heavy atom. The molecule has 1 aromatic heterocycles. The topological polar surface area (TPSA) is 12.5 Å². The monoisotopic (exact) mass is 933 g/mol. The number of thiophene rings is 1. The van der Waals surface area contributed by atoms with Crippen molar-refractivity contribution in [3.8, 4) is 56.0 Å². The first-order chi connectivity index (χ1) is 35.7. The molecule has 0 unspecified atom stereocenters. The molecule has 2 heterocycles. The van der Waals surface area contributed by atoms with Crippen molar-refractivity contribution in [3.63, 3.8) is 0 Å². The molecule has 0 radical (unpaired) electrons. The molecule has 15 rings (SSSR count). The Bertz CT molecular complexity index is 4220. The van der Waals surface area contributed by atoms with Gasteiger partial charge in [0.1, 0.15) is 11.5 Å². The number of rotatable bonds is 6. The number of fused-ring (bicyclic) bond motifs is 16. The van der Waals surface area contributed by atoms with Gasteiger partial charge >= 0.3 is 0 Å². The van der Waals surface area contributed by atoms with Crippen LogP contribution in [0.5, 0.6) is 11.5 Å². The van der Waals surface area contributed by atoms with Crippen molar-refractivity contribution in [2.45, 2.75) is 5.41 Å². The standard InChI is InChI=1S/C69H43NOS/c1-2-14-44(15-3-1)49-18-12-19-53(42-49)70(52-37-30-48(31-38-52)56-24-13-25-60-59-23-9-11-27-65(59)72-68(56)60)51-35-28-45(29-36-51)50-32-39-58-57-22-8-10-26-61(57)69(64(58)43-50)62-40-33-46-16-4-6-20-54(46)66(62)71-67-55-21-7-5-17-47(55)34-41-63(67)69/h1-43H. The van der Waals surface area contributed by atoms with Crippen LogP contribution < -0.4 is 9.64 Å². The first-order valence-electron chi connectivity index (χ1n) is 24.7. The van der Waals surface area contributed by atoms with Gasteiger partial charge in [0.15, 0.2) is 0 Å². The molecular weight excluding hydrogens is 891 g/mol. The summed E-state index contributed by atoms with van der Waals surface area (Å²) in [6.45, 7) is 0. The average Bonchev–Trinajstić information content (AvgIpc) is 3.98. The molecule has 336 valence electrons. The van der Waals surface area contributed by atoms with Gasteiger partial charge in [0, 0.05) is 59.1 Å². The summed E-state index contributed by atoms with van der Waals surface area (Å²) in [5.74, 6) is 1.85. The second kappa shape index (κ2) is 16.0. The molecule has 72 heavy (non-hydrogen) atoms. The van der Waals surface area contributed by atoms with Gasteiger partial charge in [0.2, 0.25) is 0 Å². The van der Waals surface area contributed by atoms with Gasteiger partial charge in [-0.3, -0.25) is 0 Å². The molecule has 2 aliphatic rings. The van der Waals surface area contributed by atoms with Gasteiger partial charge < -0.3 is 9.64 Å². The molecule has 0 bridgehead atoms. The van der Waals surface area contributed by atoms with Crippen LogP contribution in [0.1, 0.15) is 22.3 Å². The van der Waals surface area contributed by atoms with Gasteiger partial charge in [-0.15, -0.1) is 11.3 Å². The maximum atomic E-state index is 7.23. The maximum Gasteiger partial charge on any atom is 0.140 e. The number of hydrogen-bond acceptors (Lipinski definition) is 3. The Morgan fingerprint density at radius 3 is 1.57 bits per heavy atom. The number of hydrogen-bond donors (Lipinski definition) is 0. The van der Waals surface area contributed by atoms with E-state index >= 15 is 0 Å². The van der Waals surface area contributed by atoms with Crippen LogP contribution >= 0.6 is 11.3 Å². The normalized spacial score (nSPS) is 12.9. The number of nitrogens with zero attached hydrogens (tertiary/aromatic N) is 1. The van der Waals surface area contributed by atoms with Gasteiger partial charge in [-0.2, -0.15) is 0 Å². The van der Waals surface area contributed by atoms with Crippen LogP contribution in [0.15, 0.2) is 261 Å². The van der Waals surface area contributed by atoms with Crippen molar-refractivity contribution in [1.82, 2.24) is 0 Å². The highest BCUT2D eigenvalue weighted by atomic mass is 32.1. The smallest absolute Gasteiger partial charge is 0.140 e. The molecule has 1 aliphatic heterocycles. The van der Waals surface area contributed by atoms with E-state index in [1.54, 1.807) is 0 Å². The largest absolute Gasteiger partial charge is 0.455 e.